The maximum atomic E-state index is 13.5. The van der Waals surface area contributed by atoms with Crippen molar-refractivity contribution in [3.05, 3.63) is 65.2 Å². The highest BCUT2D eigenvalue weighted by Gasteiger charge is 2.63. The second kappa shape index (κ2) is 6.88. The third-order valence-corrected chi connectivity index (χ3v) is 4.92. The zero-order chi connectivity index (χ0) is 20.6. The number of likely N-dealkylation sites (N-methyl/N-ethyl adjacent to an activating group) is 1. The van der Waals surface area contributed by atoms with Crippen molar-refractivity contribution in [2.75, 3.05) is 20.8 Å². The molecule has 1 aromatic carbocycles. The number of fused-ring (bicyclic) bond motifs is 2. The summed E-state index contributed by atoms with van der Waals surface area (Å²) in [6.07, 6.45) is 1.41. The van der Waals surface area contributed by atoms with Crippen LogP contribution in [-0.2, 0) is 29.3 Å². The zero-order valence-corrected chi connectivity index (χ0v) is 15.8. The van der Waals surface area contributed by atoms with Crippen LogP contribution < -0.4 is 10.5 Å². The highest BCUT2D eigenvalue weighted by Crippen LogP contribution is 2.53. The highest BCUT2D eigenvalue weighted by molar-refractivity contribution is 6.17. The van der Waals surface area contributed by atoms with Crippen molar-refractivity contribution in [3.8, 4) is 5.75 Å². The minimum Gasteiger partial charge on any atom is -0.465 e. The van der Waals surface area contributed by atoms with Crippen LogP contribution in [0.25, 0.3) is 0 Å². The normalized spacial score (nSPS) is 20.8. The van der Waals surface area contributed by atoms with Crippen LogP contribution in [0.4, 0.5) is 0 Å². The van der Waals surface area contributed by atoms with E-state index in [9.17, 15) is 14.4 Å². The van der Waals surface area contributed by atoms with Gasteiger partial charge in [-0.1, -0.05) is 30.9 Å². The molecule has 0 saturated heterocycles. The second-order valence-electron chi connectivity index (χ2n) is 6.29. The summed E-state index contributed by atoms with van der Waals surface area (Å²) in [7, 11) is 2.67. The van der Waals surface area contributed by atoms with E-state index >= 15 is 0 Å². The van der Waals surface area contributed by atoms with Gasteiger partial charge in [0.05, 0.1) is 12.7 Å². The minimum atomic E-state index is -1.83. The molecule has 2 aliphatic rings. The first kappa shape index (κ1) is 19.2. The molecule has 3 rings (SSSR count). The van der Waals surface area contributed by atoms with E-state index in [2.05, 4.69) is 6.58 Å². The van der Waals surface area contributed by atoms with E-state index < -0.39 is 23.3 Å². The van der Waals surface area contributed by atoms with Crippen LogP contribution in [0.3, 0.4) is 0 Å². The number of para-hydroxylation sites is 1. The summed E-state index contributed by atoms with van der Waals surface area (Å²) in [6, 6.07) is 6.58. The number of esters is 2. The predicted octanol–water partition coefficient (Wildman–Crippen LogP) is 1.14. The Kier molecular flexibility index (Phi) is 4.72. The fourth-order valence-corrected chi connectivity index (χ4v) is 3.65. The number of hydrogen-bond donors (Lipinski definition) is 1. The van der Waals surface area contributed by atoms with E-state index in [-0.39, 0.29) is 29.4 Å². The lowest BCUT2D eigenvalue weighted by Gasteiger charge is -2.36. The van der Waals surface area contributed by atoms with Crippen LogP contribution in [0.1, 0.15) is 12.5 Å². The molecule has 28 heavy (non-hydrogen) atoms. The van der Waals surface area contributed by atoms with Crippen molar-refractivity contribution in [3.63, 3.8) is 0 Å². The van der Waals surface area contributed by atoms with Crippen LogP contribution in [0, 0.1) is 0 Å². The topological polar surface area (TPSA) is 108 Å². The van der Waals surface area contributed by atoms with Crippen molar-refractivity contribution < 1.29 is 28.6 Å². The number of rotatable bonds is 4. The first-order chi connectivity index (χ1) is 13.3. The number of amides is 1. The van der Waals surface area contributed by atoms with Gasteiger partial charge in [0.1, 0.15) is 23.3 Å². The van der Waals surface area contributed by atoms with Gasteiger partial charge in [-0.25, -0.2) is 9.59 Å². The van der Waals surface area contributed by atoms with E-state index in [4.69, 9.17) is 19.9 Å². The Morgan fingerprint density at radius 3 is 2.61 bits per heavy atom. The number of hydrogen-bond acceptors (Lipinski definition) is 7. The van der Waals surface area contributed by atoms with Gasteiger partial charge in [-0.15, -0.1) is 0 Å². The Hall–Kier alpha value is -3.55. The van der Waals surface area contributed by atoms with Crippen molar-refractivity contribution in [1.82, 2.24) is 4.90 Å². The van der Waals surface area contributed by atoms with Crippen molar-refractivity contribution in [2.45, 2.75) is 12.3 Å². The molecule has 0 bridgehead atoms. The molecule has 8 nitrogen and oxygen atoms in total. The SMILES string of the molecule is C=CCOC(=O)C1=C(C)N(C)C(=O)[C@@]12C(C(=O)OC)=C(N)Oc1ccccc12. The maximum Gasteiger partial charge on any atom is 0.340 e. The monoisotopic (exact) mass is 384 g/mol. The molecule has 0 unspecified atom stereocenters. The lowest BCUT2D eigenvalue weighted by atomic mass is 9.67. The molecule has 0 aromatic heterocycles. The predicted molar refractivity (Wildman–Crippen MR) is 98.6 cm³/mol. The average Bonchev–Trinajstić information content (AvgIpc) is 2.87. The summed E-state index contributed by atoms with van der Waals surface area (Å²) in [5.41, 5.74) is 4.58. The number of ether oxygens (including phenoxy) is 3. The lowest BCUT2D eigenvalue weighted by molar-refractivity contribution is -0.142. The van der Waals surface area contributed by atoms with Crippen molar-refractivity contribution >= 4 is 17.8 Å². The number of benzene rings is 1. The van der Waals surface area contributed by atoms with Gasteiger partial charge < -0.3 is 24.8 Å². The van der Waals surface area contributed by atoms with Crippen molar-refractivity contribution in [1.29, 1.82) is 0 Å². The number of allylic oxidation sites excluding steroid dienone is 1. The molecule has 2 aliphatic heterocycles. The maximum absolute atomic E-state index is 13.5. The van der Waals surface area contributed by atoms with Gasteiger partial charge in [-0.2, -0.15) is 0 Å². The molecule has 1 aromatic rings. The minimum absolute atomic E-state index is 0.0130. The zero-order valence-electron chi connectivity index (χ0n) is 15.8. The molecule has 1 spiro atoms. The molecule has 2 heterocycles. The summed E-state index contributed by atoms with van der Waals surface area (Å²) < 4.78 is 15.7. The summed E-state index contributed by atoms with van der Waals surface area (Å²) in [5.74, 6) is -2.22. The molecular weight excluding hydrogens is 364 g/mol. The molecule has 0 radical (unpaired) electrons. The van der Waals surface area contributed by atoms with Crippen LogP contribution in [0.2, 0.25) is 0 Å². The number of carbonyl (C=O) groups excluding carboxylic acids is 3. The molecular formula is C20H20N2O6. The third-order valence-electron chi connectivity index (χ3n) is 4.92. The first-order valence-electron chi connectivity index (χ1n) is 8.45. The molecule has 1 amide bonds. The van der Waals surface area contributed by atoms with E-state index in [1.165, 1.54) is 18.0 Å². The standard InChI is InChI=1S/C20H20N2O6/c1-5-10-27-18(24)14-11(2)22(3)19(25)20(14)12-8-6-7-9-13(12)28-16(21)15(20)17(23)26-4/h5-9H,1,10,21H2,2-4H3/t20-/m1/s1. The fourth-order valence-electron chi connectivity index (χ4n) is 3.65. The van der Waals surface area contributed by atoms with Gasteiger partial charge in [-0.05, 0) is 13.0 Å². The molecule has 146 valence electrons. The molecule has 8 heteroatoms. The molecule has 1 atom stereocenters. The third kappa shape index (κ3) is 2.41. The van der Waals surface area contributed by atoms with Crippen LogP contribution in [0.15, 0.2) is 59.6 Å². The Morgan fingerprint density at radius 1 is 1.29 bits per heavy atom. The van der Waals surface area contributed by atoms with Gasteiger partial charge in [0.25, 0.3) is 0 Å². The van der Waals surface area contributed by atoms with E-state index in [1.54, 1.807) is 31.2 Å². The van der Waals surface area contributed by atoms with Gasteiger partial charge in [0.15, 0.2) is 0 Å². The van der Waals surface area contributed by atoms with Gasteiger partial charge in [0.2, 0.25) is 11.8 Å². The number of nitrogens with zero attached hydrogens (tertiary/aromatic N) is 1. The lowest BCUT2D eigenvalue weighted by Crippen LogP contribution is -2.49. The number of carbonyl (C=O) groups is 3. The van der Waals surface area contributed by atoms with Crippen LogP contribution in [-0.4, -0.2) is 43.5 Å². The molecule has 2 N–H and O–H groups in total. The summed E-state index contributed by atoms with van der Waals surface area (Å²) in [6.45, 7) is 5.06. The summed E-state index contributed by atoms with van der Waals surface area (Å²) in [5, 5.41) is 0. The molecule has 0 aliphatic carbocycles. The average molecular weight is 384 g/mol. The summed E-state index contributed by atoms with van der Waals surface area (Å²) >= 11 is 0. The van der Waals surface area contributed by atoms with E-state index in [0.29, 0.717) is 11.3 Å². The molecule has 0 fully saturated rings. The Morgan fingerprint density at radius 2 is 1.96 bits per heavy atom. The van der Waals surface area contributed by atoms with E-state index in [1.807, 2.05) is 0 Å². The van der Waals surface area contributed by atoms with E-state index in [0.717, 1.165) is 7.11 Å². The van der Waals surface area contributed by atoms with Gasteiger partial charge >= 0.3 is 11.9 Å². The van der Waals surface area contributed by atoms with Crippen LogP contribution >= 0.6 is 0 Å². The smallest absolute Gasteiger partial charge is 0.340 e. The first-order valence-corrected chi connectivity index (χ1v) is 8.45. The Labute approximate surface area is 161 Å². The Balaban J connectivity index is 2.41. The quantitative estimate of drug-likeness (QED) is 0.612. The largest absolute Gasteiger partial charge is 0.465 e. The number of nitrogens with two attached hydrogens (primary N) is 1. The molecule has 0 saturated carbocycles. The van der Waals surface area contributed by atoms with Crippen LogP contribution in [0.5, 0.6) is 5.75 Å². The second-order valence-corrected chi connectivity index (χ2v) is 6.29. The highest BCUT2D eigenvalue weighted by atomic mass is 16.5. The number of methoxy groups -OCH3 is 1. The fraction of sp³-hybridized carbons (Fsp3) is 0.250. The Bertz CT molecular complexity index is 961. The van der Waals surface area contributed by atoms with Gasteiger partial charge in [-0.3, -0.25) is 4.79 Å². The van der Waals surface area contributed by atoms with Gasteiger partial charge in [0, 0.05) is 18.3 Å². The van der Waals surface area contributed by atoms with Crippen molar-refractivity contribution in [2.24, 2.45) is 5.73 Å². The summed E-state index contributed by atoms with van der Waals surface area (Å²) in [4.78, 5) is 40.5.